The third-order valence-corrected chi connectivity index (χ3v) is 14.9. The first-order valence-electron chi connectivity index (χ1n) is 7.23. The van der Waals surface area contributed by atoms with Crippen LogP contribution in [0.25, 0.3) is 0 Å². The summed E-state index contributed by atoms with van der Waals surface area (Å²) in [6.07, 6.45) is 9.03. The van der Waals surface area contributed by atoms with Crippen molar-refractivity contribution >= 4 is 16.5 Å². The zero-order valence-corrected chi connectivity index (χ0v) is 13.7. The predicted octanol–water partition coefficient (Wildman–Crippen LogP) is 4.44. The van der Waals surface area contributed by atoms with E-state index in [-0.39, 0.29) is 0 Å². The Kier molecular flexibility index (Phi) is 3.67. The van der Waals surface area contributed by atoms with E-state index in [9.17, 15) is 0 Å². The van der Waals surface area contributed by atoms with Gasteiger partial charge in [-0.2, -0.15) is 0 Å². The van der Waals surface area contributed by atoms with Gasteiger partial charge in [0.25, 0.3) is 0 Å². The molecule has 0 spiro atoms. The standard InChI is InChI=1S/C13H29NSi2/c1-15(2)11-8-12-16(3,4)14(15)13-9-6-5-7-10-13/h13H,5-12H2,1-4H3. The van der Waals surface area contributed by atoms with E-state index >= 15 is 0 Å². The van der Waals surface area contributed by atoms with Crippen LogP contribution in [-0.4, -0.2) is 26.7 Å². The van der Waals surface area contributed by atoms with Crippen molar-refractivity contribution in [2.75, 3.05) is 0 Å². The van der Waals surface area contributed by atoms with E-state index < -0.39 is 16.5 Å². The largest absolute Gasteiger partial charge is 0.343 e. The zero-order chi connectivity index (χ0) is 11.8. The minimum atomic E-state index is -1.05. The Morgan fingerprint density at radius 3 is 1.75 bits per heavy atom. The Morgan fingerprint density at radius 1 is 0.750 bits per heavy atom. The molecule has 94 valence electrons. The fraction of sp³-hybridized carbons (Fsp3) is 1.00. The molecule has 0 amide bonds. The molecule has 0 unspecified atom stereocenters. The molecule has 2 rings (SSSR count). The Labute approximate surface area is 104 Å². The molecule has 0 aromatic rings. The summed E-state index contributed by atoms with van der Waals surface area (Å²) in [5, 5.41) is 0. The average Bonchev–Trinajstić information content (AvgIpc) is 2.16. The van der Waals surface area contributed by atoms with Crippen molar-refractivity contribution in [3.8, 4) is 0 Å². The van der Waals surface area contributed by atoms with Crippen molar-refractivity contribution in [3.05, 3.63) is 0 Å². The van der Waals surface area contributed by atoms with Crippen LogP contribution in [0.5, 0.6) is 0 Å². The molecular formula is C13H29NSi2. The van der Waals surface area contributed by atoms with E-state index in [0.717, 1.165) is 6.04 Å². The molecule has 16 heavy (non-hydrogen) atoms. The van der Waals surface area contributed by atoms with Crippen LogP contribution in [0, 0.1) is 0 Å². The first-order chi connectivity index (χ1) is 7.43. The van der Waals surface area contributed by atoms with Crippen LogP contribution >= 0.6 is 0 Å². The molecule has 1 heterocycles. The van der Waals surface area contributed by atoms with Gasteiger partial charge in [0.05, 0.1) is 0 Å². The van der Waals surface area contributed by atoms with Gasteiger partial charge in [-0.05, 0) is 31.0 Å². The lowest BCUT2D eigenvalue weighted by Crippen LogP contribution is -2.68. The van der Waals surface area contributed by atoms with Gasteiger partial charge in [0, 0.05) is 0 Å². The Hall–Kier alpha value is 0.394. The van der Waals surface area contributed by atoms with Crippen LogP contribution in [0.3, 0.4) is 0 Å². The summed E-state index contributed by atoms with van der Waals surface area (Å²) in [6.45, 7) is 10.5. The monoisotopic (exact) mass is 255 g/mol. The van der Waals surface area contributed by atoms with Crippen LogP contribution in [0.15, 0.2) is 0 Å². The minimum absolute atomic E-state index is 0.984. The maximum atomic E-state index is 3.16. The van der Waals surface area contributed by atoms with E-state index in [1.807, 2.05) is 0 Å². The van der Waals surface area contributed by atoms with Gasteiger partial charge < -0.3 is 4.23 Å². The van der Waals surface area contributed by atoms with Crippen LogP contribution < -0.4 is 0 Å². The molecule has 0 atom stereocenters. The van der Waals surface area contributed by atoms with Gasteiger partial charge in [-0.1, -0.05) is 51.9 Å². The van der Waals surface area contributed by atoms with Crippen molar-refractivity contribution in [3.63, 3.8) is 0 Å². The minimum Gasteiger partial charge on any atom is -0.343 e. The highest BCUT2D eigenvalue weighted by Gasteiger charge is 2.46. The highest BCUT2D eigenvalue weighted by molar-refractivity contribution is 6.91. The molecule has 2 fully saturated rings. The van der Waals surface area contributed by atoms with Gasteiger partial charge in [0.2, 0.25) is 0 Å². The second-order valence-electron chi connectivity index (χ2n) is 7.14. The maximum absolute atomic E-state index is 3.16. The second-order valence-corrected chi connectivity index (χ2v) is 16.8. The second kappa shape index (κ2) is 4.58. The van der Waals surface area contributed by atoms with Gasteiger partial charge in [-0.15, -0.1) is 0 Å². The first kappa shape index (κ1) is 12.8. The molecule has 3 heteroatoms. The van der Waals surface area contributed by atoms with Crippen molar-refractivity contribution < 1.29 is 0 Å². The van der Waals surface area contributed by atoms with E-state index in [1.165, 1.54) is 38.5 Å². The summed E-state index contributed by atoms with van der Waals surface area (Å²) in [6, 6.07) is 4.09. The molecular weight excluding hydrogens is 226 g/mol. The fourth-order valence-corrected chi connectivity index (χ4v) is 17.0. The van der Waals surface area contributed by atoms with Crippen LogP contribution in [-0.2, 0) is 0 Å². The third kappa shape index (κ3) is 2.46. The summed E-state index contributed by atoms with van der Waals surface area (Å²) in [7, 11) is -2.10. The Balaban J connectivity index is 2.18. The summed E-state index contributed by atoms with van der Waals surface area (Å²) in [5.41, 5.74) is 0. The highest BCUT2D eigenvalue weighted by atomic mass is 28.4. The normalized spacial score (nSPS) is 31.5. The summed E-state index contributed by atoms with van der Waals surface area (Å²) in [4.78, 5) is 0. The lowest BCUT2D eigenvalue weighted by molar-refractivity contribution is 0.317. The molecule has 0 N–H and O–H groups in total. The van der Waals surface area contributed by atoms with Gasteiger partial charge >= 0.3 is 0 Å². The quantitative estimate of drug-likeness (QED) is 0.626. The molecule has 1 aliphatic carbocycles. The van der Waals surface area contributed by atoms with Crippen molar-refractivity contribution in [1.29, 1.82) is 0 Å². The number of hydrogen-bond donors (Lipinski definition) is 0. The molecule has 0 aromatic carbocycles. The van der Waals surface area contributed by atoms with Crippen LogP contribution in [0.1, 0.15) is 38.5 Å². The van der Waals surface area contributed by atoms with E-state index in [4.69, 9.17) is 0 Å². The molecule has 1 nitrogen and oxygen atoms in total. The van der Waals surface area contributed by atoms with Crippen molar-refractivity contribution in [2.45, 2.75) is 82.8 Å². The van der Waals surface area contributed by atoms with E-state index in [0.29, 0.717) is 0 Å². The molecule has 1 saturated carbocycles. The smallest absolute Gasteiger partial charge is 0.115 e. The SMILES string of the molecule is C[Si]1(C)CCC[Si](C)(C)N1C1CCCCC1. The summed E-state index contributed by atoms with van der Waals surface area (Å²) in [5.74, 6) is 0. The van der Waals surface area contributed by atoms with E-state index in [2.05, 4.69) is 30.4 Å². The van der Waals surface area contributed by atoms with Gasteiger partial charge in [-0.3, -0.25) is 0 Å². The third-order valence-electron chi connectivity index (χ3n) is 4.82. The van der Waals surface area contributed by atoms with Crippen molar-refractivity contribution in [1.82, 2.24) is 4.23 Å². The van der Waals surface area contributed by atoms with E-state index in [1.54, 1.807) is 12.1 Å². The van der Waals surface area contributed by atoms with Crippen LogP contribution in [0.4, 0.5) is 0 Å². The lowest BCUT2D eigenvalue weighted by Gasteiger charge is -2.55. The molecule has 0 radical (unpaired) electrons. The molecule has 1 saturated heterocycles. The lowest BCUT2D eigenvalue weighted by atomic mass is 9.96. The molecule has 1 aliphatic heterocycles. The number of hydrogen-bond acceptors (Lipinski definition) is 1. The first-order valence-corrected chi connectivity index (χ1v) is 13.5. The highest BCUT2D eigenvalue weighted by Crippen LogP contribution is 2.39. The van der Waals surface area contributed by atoms with Crippen LogP contribution in [0.2, 0.25) is 38.3 Å². The molecule has 0 aromatic heterocycles. The van der Waals surface area contributed by atoms with Gasteiger partial charge in [0.1, 0.15) is 16.5 Å². The molecule has 2 aliphatic rings. The Morgan fingerprint density at radius 2 is 1.25 bits per heavy atom. The Bertz CT molecular complexity index is 228. The average molecular weight is 256 g/mol. The summed E-state index contributed by atoms with van der Waals surface area (Å²) >= 11 is 0. The predicted molar refractivity (Wildman–Crippen MR) is 77.9 cm³/mol. The summed E-state index contributed by atoms with van der Waals surface area (Å²) < 4.78 is 3.16. The number of rotatable bonds is 1. The zero-order valence-electron chi connectivity index (χ0n) is 11.7. The van der Waals surface area contributed by atoms with Gasteiger partial charge in [0.15, 0.2) is 0 Å². The topological polar surface area (TPSA) is 3.24 Å². The van der Waals surface area contributed by atoms with Crippen molar-refractivity contribution in [2.24, 2.45) is 0 Å². The van der Waals surface area contributed by atoms with Gasteiger partial charge in [-0.25, -0.2) is 0 Å². The number of nitrogens with zero attached hydrogens (tertiary/aromatic N) is 1. The maximum Gasteiger partial charge on any atom is 0.115 e. The molecule has 0 bridgehead atoms. The fourth-order valence-electron chi connectivity index (χ4n) is 4.34.